The second-order valence-corrected chi connectivity index (χ2v) is 7.63. The molecule has 1 fully saturated rings. The van der Waals surface area contributed by atoms with Crippen molar-refractivity contribution in [2.75, 3.05) is 5.75 Å². The van der Waals surface area contributed by atoms with Crippen LogP contribution in [0.15, 0.2) is 29.4 Å². The molecule has 1 N–H and O–H groups in total. The molecular formula is C17H22ClN5OS. The molecule has 0 unspecified atom stereocenters. The number of aromatic nitrogens is 4. The van der Waals surface area contributed by atoms with Gasteiger partial charge in [-0.25, -0.2) is 4.68 Å². The Bertz CT molecular complexity index is 702. The van der Waals surface area contributed by atoms with E-state index < -0.39 is 0 Å². The van der Waals surface area contributed by atoms with E-state index in [1.54, 1.807) is 11.8 Å². The lowest BCUT2D eigenvalue weighted by molar-refractivity contribution is -0.120. The van der Waals surface area contributed by atoms with Gasteiger partial charge in [0, 0.05) is 23.7 Å². The van der Waals surface area contributed by atoms with Gasteiger partial charge in [0.15, 0.2) is 0 Å². The molecule has 1 aromatic heterocycles. The Morgan fingerprint density at radius 2 is 2.08 bits per heavy atom. The molecule has 0 atom stereocenters. The SMILES string of the molecule is O=C(CCSc1nnnn1C1CCCCC1)NCc1ccccc1Cl. The summed E-state index contributed by atoms with van der Waals surface area (Å²) in [7, 11) is 0. The summed E-state index contributed by atoms with van der Waals surface area (Å²) in [5.41, 5.74) is 0.923. The standard InChI is InChI=1S/C17H22ClN5OS/c18-15-9-5-4-6-13(15)12-19-16(24)10-11-25-17-20-21-22-23(17)14-7-2-1-3-8-14/h4-6,9,14H,1-3,7-8,10-12H2,(H,19,24). The highest BCUT2D eigenvalue weighted by Gasteiger charge is 2.20. The summed E-state index contributed by atoms with van der Waals surface area (Å²) in [6.45, 7) is 0.447. The average molecular weight is 380 g/mol. The lowest BCUT2D eigenvalue weighted by Gasteiger charge is -2.21. The van der Waals surface area contributed by atoms with Crippen LogP contribution in [0.3, 0.4) is 0 Å². The van der Waals surface area contributed by atoms with E-state index in [1.807, 2.05) is 28.9 Å². The third kappa shape index (κ3) is 5.19. The summed E-state index contributed by atoms with van der Waals surface area (Å²) in [6.07, 6.45) is 6.46. The van der Waals surface area contributed by atoms with Gasteiger partial charge < -0.3 is 5.32 Å². The number of halogens is 1. The maximum atomic E-state index is 12.0. The van der Waals surface area contributed by atoms with Gasteiger partial charge in [-0.1, -0.05) is 60.8 Å². The normalized spacial score (nSPS) is 15.2. The highest BCUT2D eigenvalue weighted by molar-refractivity contribution is 7.99. The molecule has 1 aromatic carbocycles. The monoisotopic (exact) mass is 379 g/mol. The second-order valence-electron chi connectivity index (χ2n) is 6.16. The number of benzene rings is 1. The van der Waals surface area contributed by atoms with E-state index in [2.05, 4.69) is 20.8 Å². The van der Waals surface area contributed by atoms with Crippen LogP contribution in [0.25, 0.3) is 0 Å². The van der Waals surface area contributed by atoms with Crippen molar-refractivity contribution in [1.29, 1.82) is 0 Å². The molecule has 3 rings (SSSR count). The van der Waals surface area contributed by atoms with Crippen molar-refractivity contribution in [1.82, 2.24) is 25.5 Å². The van der Waals surface area contributed by atoms with E-state index in [9.17, 15) is 4.79 Å². The zero-order chi connectivity index (χ0) is 17.5. The van der Waals surface area contributed by atoms with Gasteiger partial charge in [-0.3, -0.25) is 4.79 Å². The lowest BCUT2D eigenvalue weighted by Crippen LogP contribution is -2.23. The van der Waals surface area contributed by atoms with Gasteiger partial charge in [0.2, 0.25) is 11.1 Å². The molecule has 1 saturated carbocycles. The van der Waals surface area contributed by atoms with E-state index in [4.69, 9.17) is 11.6 Å². The first kappa shape index (κ1) is 18.2. The van der Waals surface area contributed by atoms with E-state index in [1.165, 1.54) is 19.3 Å². The maximum absolute atomic E-state index is 12.0. The smallest absolute Gasteiger partial charge is 0.221 e. The molecule has 6 nitrogen and oxygen atoms in total. The quantitative estimate of drug-likeness (QED) is 0.743. The lowest BCUT2D eigenvalue weighted by atomic mass is 9.96. The van der Waals surface area contributed by atoms with Crippen molar-refractivity contribution in [2.24, 2.45) is 0 Å². The van der Waals surface area contributed by atoms with Crippen molar-refractivity contribution in [2.45, 2.75) is 56.3 Å². The largest absolute Gasteiger partial charge is 0.352 e. The third-order valence-corrected chi connectivity index (χ3v) is 5.68. The van der Waals surface area contributed by atoms with E-state index in [0.29, 0.717) is 29.8 Å². The molecule has 1 aliphatic carbocycles. The van der Waals surface area contributed by atoms with Crippen LogP contribution >= 0.6 is 23.4 Å². The Kier molecular flexibility index (Phi) is 6.69. The first-order valence-corrected chi connectivity index (χ1v) is 10.0. The van der Waals surface area contributed by atoms with Crippen LogP contribution in [0.1, 0.15) is 50.1 Å². The number of hydrogen-bond acceptors (Lipinski definition) is 5. The fourth-order valence-corrected chi connectivity index (χ4v) is 4.08. The minimum Gasteiger partial charge on any atom is -0.352 e. The van der Waals surface area contributed by atoms with Gasteiger partial charge in [-0.15, -0.1) is 5.10 Å². The van der Waals surface area contributed by atoms with Crippen LogP contribution in [0.2, 0.25) is 5.02 Å². The highest BCUT2D eigenvalue weighted by atomic mass is 35.5. The van der Waals surface area contributed by atoms with Crippen LogP contribution in [-0.2, 0) is 11.3 Å². The Hall–Kier alpha value is -1.60. The second kappa shape index (κ2) is 9.20. The Morgan fingerprint density at radius 3 is 2.88 bits per heavy atom. The molecule has 0 spiro atoms. The molecule has 1 aliphatic rings. The minimum atomic E-state index is 0.00381. The Labute approximate surface area is 156 Å². The molecule has 1 heterocycles. The molecule has 0 bridgehead atoms. The number of thioether (sulfide) groups is 1. The van der Waals surface area contributed by atoms with Crippen LogP contribution in [0.5, 0.6) is 0 Å². The van der Waals surface area contributed by atoms with Crippen LogP contribution < -0.4 is 5.32 Å². The molecule has 0 aliphatic heterocycles. The molecule has 0 saturated heterocycles. The van der Waals surface area contributed by atoms with Gasteiger partial charge in [-0.2, -0.15) is 0 Å². The fraction of sp³-hybridized carbons (Fsp3) is 0.529. The number of nitrogens with zero attached hydrogens (tertiary/aromatic N) is 4. The topological polar surface area (TPSA) is 72.7 Å². The Balaban J connectivity index is 1.43. The Morgan fingerprint density at radius 1 is 1.28 bits per heavy atom. The summed E-state index contributed by atoms with van der Waals surface area (Å²) in [4.78, 5) is 12.0. The van der Waals surface area contributed by atoms with E-state index >= 15 is 0 Å². The highest BCUT2D eigenvalue weighted by Crippen LogP contribution is 2.30. The summed E-state index contributed by atoms with van der Waals surface area (Å²) in [5.74, 6) is 0.658. The van der Waals surface area contributed by atoms with Gasteiger partial charge >= 0.3 is 0 Å². The number of hydrogen-bond donors (Lipinski definition) is 1. The van der Waals surface area contributed by atoms with Crippen molar-refractivity contribution in [3.8, 4) is 0 Å². The van der Waals surface area contributed by atoms with E-state index in [-0.39, 0.29) is 5.91 Å². The molecule has 25 heavy (non-hydrogen) atoms. The maximum Gasteiger partial charge on any atom is 0.221 e. The van der Waals surface area contributed by atoms with Crippen molar-refractivity contribution in [3.05, 3.63) is 34.9 Å². The number of carbonyl (C=O) groups is 1. The number of carbonyl (C=O) groups excluding carboxylic acids is 1. The van der Waals surface area contributed by atoms with Crippen molar-refractivity contribution >= 4 is 29.3 Å². The van der Waals surface area contributed by atoms with Gasteiger partial charge in [0.05, 0.1) is 6.04 Å². The van der Waals surface area contributed by atoms with Gasteiger partial charge in [0.25, 0.3) is 0 Å². The van der Waals surface area contributed by atoms with Crippen LogP contribution in [-0.4, -0.2) is 31.9 Å². The first-order valence-electron chi connectivity index (χ1n) is 8.65. The molecule has 134 valence electrons. The van der Waals surface area contributed by atoms with Crippen LogP contribution in [0.4, 0.5) is 0 Å². The average Bonchev–Trinajstić information content (AvgIpc) is 3.10. The molecule has 0 radical (unpaired) electrons. The number of rotatable bonds is 7. The van der Waals surface area contributed by atoms with Gasteiger partial charge in [0.1, 0.15) is 0 Å². The third-order valence-electron chi connectivity index (χ3n) is 4.38. The zero-order valence-corrected chi connectivity index (χ0v) is 15.6. The summed E-state index contributed by atoms with van der Waals surface area (Å²) >= 11 is 7.63. The van der Waals surface area contributed by atoms with Crippen molar-refractivity contribution in [3.63, 3.8) is 0 Å². The van der Waals surface area contributed by atoms with Crippen molar-refractivity contribution < 1.29 is 4.79 Å². The predicted molar refractivity (Wildman–Crippen MR) is 98.6 cm³/mol. The summed E-state index contributed by atoms with van der Waals surface area (Å²) in [6, 6.07) is 7.93. The molecule has 1 amide bonds. The summed E-state index contributed by atoms with van der Waals surface area (Å²) < 4.78 is 1.94. The zero-order valence-electron chi connectivity index (χ0n) is 14.0. The fourth-order valence-electron chi connectivity index (χ4n) is 2.99. The predicted octanol–water partition coefficient (Wildman–Crippen LogP) is 3.63. The molecular weight excluding hydrogens is 358 g/mol. The first-order chi connectivity index (χ1) is 12.2. The number of amides is 1. The molecule has 8 heteroatoms. The molecule has 2 aromatic rings. The number of tetrazole rings is 1. The number of nitrogens with one attached hydrogen (secondary N) is 1. The van der Waals surface area contributed by atoms with Crippen LogP contribution in [0, 0.1) is 0 Å². The van der Waals surface area contributed by atoms with Gasteiger partial charge in [-0.05, 0) is 34.9 Å². The summed E-state index contributed by atoms with van der Waals surface area (Å²) in [5, 5.41) is 16.4. The minimum absolute atomic E-state index is 0.00381. The van der Waals surface area contributed by atoms with E-state index in [0.717, 1.165) is 23.6 Å².